The first-order valence-electron chi connectivity index (χ1n) is 9.77. The fraction of sp³-hybridized carbons (Fsp3) is 0.450. The van der Waals surface area contributed by atoms with Crippen LogP contribution in [-0.4, -0.2) is 55.3 Å². The summed E-state index contributed by atoms with van der Waals surface area (Å²) >= 11 is 1.40. The van der Waals surface area contributed by atoms with Crippen LogP contribution >= 0.6 is 11.3 Å². The summed E-state index contributed by atoms with van der Waals surface area (Å²) in [6.07, 6.45) is 1.86. The molecule has 0 bridgehead atoms. The van der Waals surface area contributed by atoms with Crippen LogP contribution in [0.15, 0.2) is 18.2 Å². The number of benzene rings is 1. The zero-order chi connectivity index (χ0) is 21.1. The maximum atomic E-state index is 12.8. The van der Waals surface area contributed by atoms with Crippen molar-refractivity contribution >= 4 is 34.1 Å². The number of anilines is 2. The van der Waals surface area contributed by atoms with Crippen molar-refractivity contribution < 1.29 is 23.8 Å². The lowest BCUT2D eigenvalue weighted by Gasteiger charge is -2.26. The fourth-order valence-electron chi connectivity index (χ4n) is 3.57. The molecule has 10 heteroatoms. The Labute approximate surface area is 178 Å². The standard InChI is InChI=1S/C20H24N4O5S/c1-27-14-6-3-5-13(17(14)28-2)22-20(26)24-9-8-12-16(11-24)30-19(21-12)23-18(25)15-7-4-10-29-15/h3,5-6,15H,4,7-11H2,1-2H3,(H,22,26)(H,21,23,25). The van der Waals surface area contributed by atoms with Crippen LogP contribution in [0.1, 0.15) is 23.4 Å². The third-order valence-electron chi connectivity index (χ3n) is 5.12. The zero-order valence-electron chi connectivity index (χ0n) is 16.9. The Balaban J connectivity index is 1.41. The molecule has 2 N–H and O–H groups in total. The molecule has 3 amide bonds. The number of urea groups is 1. The quantitative estimate of drug-likeness (QED) is 0.753. The van der Waals surface area contributed by atoms with Crippen LogP contribution in [0.5, 0.6) is 11.5 Å². The van der Waals surface area contributed by atoms with Crippen LogP contribution in [0, 0.1) is 0 Å². The van der Waals surface area contributed by atoms with Crippen molar-refractivity contribution in [1.29, 1.82) is 0 Å². The van der Waals surface area contributed by atoms with E-state index in [0.717, 1.165) is 23.4 Å². The van der Waals surface area contributed by atoms with Gasteiger partial charge in [-0.05, 0) is 25.0 Å². The Morgan fingerprint density at radius 1 is 1.27 bits per heavy atom. The molecule has 2 aromatic rings. The number of nitrogens with one attached hydrogen (secondary N) is 2. The molecule has 1 aromatic heterocycles. The molecule has 160 valence electrons. The van der Waals surface area contributed by atoms with Crippen LogP contribution in [0.25, 0.3) is 0 Å². The van der Waals surface area contributed by atoms with E-state index >= 15 is 0 Å². The van der Waals surface area contributed by atoms with E-state index in [1.807, 2.05) is 0 Å². The monoisotopic (exact) mass is 432 g/mol. The minimum absolute atomic E-state index is 0.154. The lowest BCUT2D eigenvalue weighted by Crippen LogP contribution is -2.38. The first-order valence-corrected chi connectivity index (χ1v) is 10.6. The van der Waals surface area contributed by atoms with Gasteiger partial charge in [0.15, 0.2) is 16.6 Å². The smallest absolute Gasteiger partial charge is 0.322 e. The predicted octanol–water partition coefficient (Wildman–Crippen LogP) is 2.87. The zero-order valence-corrected chi connectivity index (χ0v) is 17.7. The second-order valence-electron chi connectivity index (χ2n) is 7.02. The summed E-state index contributed by atoms with van der Waals surface area (Å²) in [4.78, 5) is 32.3. The summed E-state index contributed by atoms with van der Waals surface area (Å²) in [5.74, 6) is 0.867. The van der Waals surface area contributed by atoms with Gasteiger partial charge in [-0.25, -0.2) is 9.78 Å². The number of ether oxygens (including phenoxy) is 3. The van der Waals surface area contributed by atoms with Gasteiger partial charge in [0, 0.05) is 24.4 Å². The number of hydrogen-bond donors (Lipinski definition) is 2. The number of carbonyl (C=O) groups excluding carboxylic acids is 2. The van der Waals surface area contributed by atoms with Crippen molar-refractivity contribution in [2.24, 2.45) is 0 Å². The van der Waals surface area contributed by atoms with E-state index in [-0.39, 0.29) is 11.9 Å². The molecular formula is C20H24N4O5S. The van der Waals surface area contributed by atoms with Gasteiger partial charge >= 0.3 is 6.03 Å². The number of para-hydroxylation sites is 1. The number of carbonyl (C=O) groups is 2. The van der Waals surface area contributed by atoms with E-state index in [9.17, 15) is 9.59 Å². The van der Waals surface area contributed by atoms with E-state index in [2.05, 4.69) is 15.6 Å². The number of rotatable bonds is 5. The summed E-state index contributed by atoms with van der Waals surface area (Å²) in [6, 6.07) is 5.09. The van der Waals surface area contributed by atoms with Gasteiger partial charge in [0.1, 0.15) is 6.10 Å². The van der Waals surface area contributed by atoms with E-state index in [4.69, 9.17) is 14.2 Å². The summed E-state index contributed by atoms with van der Waals surface area (Å²) in [5.41, 5.74) is 1.46. The molecule has 2 aliphatic rings. The van der Waals surface area contributed by atoms with Gasteiger partial charge in [-0.15, -0.1) is 0 Å². The number of aromatic nitrogens is 1. The number of amides is 3. The topological polar surface area (TPSA) is 102 Å². The Bertz CT molecular complexity index is 941. The molecule has 1 atom stereocenters. The van der Waals surface area contributed by atoms with Gasteiger partial charge < -0.3 is 24.4 Å². The number of hydrogen-bond acceptors (Lipinski definition) is 7. The normalized spacial score (nSPS) is 17.9. The summed E-state index contributed by atoms with van der Waals surface area (Å²) < 4.78 is 16.1. The Morgan fingerprint density at radius 2 is 2.13 bits per heavy atom. The lowest BCUT2D eigenvalue weighted by atomic mass is 10.2. The summed E-state index contributed by atoms with van der Waals surface area (Å²) in [6.45, 7) is 1.59. The Hall–Kier alpha value is -2.85. The van der Waals surface area contributed by atoms with Crippen molar-refractivity contribution in [3.63, 3.8) is 0 Å². The largest absolute Gasteiger partial charge is 0.493 e. The van der Waals surface area contributed by atoms with Gasteiger partial charge in [0.2, 0.25) is 0 Å². The average Bonchev–Trinajstić information content (AvgIpc) is 3.42. The maximum Gasteiger partial charge on any atom is 0.322 e. The Morgan fingerprint density at radius 3 is 2.87 bits per heavy atom. The minimum Gasteiger partial charge on any atom is -0.493 e. The van der Waals surface area contributed by atoms with Crippen LogP contribution in [0.2, 0.25) is 0 Å². The van der Waals surface area contributed by atoms with E-state index < -0.39 is 6.10 Å². The first-order chi connectivity index (χ1) is 14.6. The average molecular weight is 433 g/mol. The molecule has 1 unspecified atom stereocenters. The highest BCUT2D eigenvalue weighted by Gasteiger charge is 2.28. The van der Waals surface area contributed by atoms with Crippen LogP contribution in [0.4, 0.5) is 15.6 Å². The van der Waals surface area contributed by atoms with E-state index in [0.29, 0.717) is 48.4 Å². The lowest BCUT2D eigenvalue weighted by molar-refractivity contribution is -0.124. The van der Waals surface area contributed by atoms with Crippen molar-refractivity contribution in [2.45, 2.75) is 31.9 Å². The molecule has 1 aromatic carbocycles. The van der Waals surface area contributed by atoms with Crippen molar-refractivity contribution in [3.8, 4) is 11.5 Å². The number of methoxy groups -OCH3 is 2. The van der Waals surface area contributed by atoms with Gasteiger partial charge in [-0.2, -0.15) is 0 Å². The summed E-state index contributed by atoms with van der Waals surface area (Å²) in [7, 11) is 3.08. The van der Waals surface area contributed by atoms with E-state index in [1.165, 1.54) is 18.4 Å². The van der Waals surface area contributed by atoms with E-state index in [1.54, 1.807) is 30.2 Å². The SMILES string of the molecule is COc1cccc(NC(=O)N2CCc3nc(NC(=O)C4CCCO4)sc3C2)c1OC. The second-order valence-corrected chi connectivity index (χ2v) is 8.11. The third kappa shape index (κ3) is 4.19. The van der Waals surface area contributed by atoms with Crippen molar-refractivity contribution in [2.75, 3.05) is 38.0 Å². The van der Waals surface area contributed by atoms with Crippen molar-refractivity contribution in [1.82, 2.24) is 9.88 Å². The molecule has 30 heavy (non-hydrogen) atoms. The molecule has 0 aliphatic carbocycles. The maximum absolute atomic E-state index is 12.8. The number of thiazole rings is 1. The highest BCUT2D eigenvalue weighted by molar-refractivity contribution is 7.15. The number of nitrogens with zero attached hydrogens (tertiary/aromatic N) is 2. The molecule has 2 aliphatic heterocycles. The molecule has 0 saturated carbocycles. The molecule has 1 saturated heterocycles. The fourth-order valence-corrected chi connectivity index (χ4v) is 4.60. The summed E-state index contributed by atoms with van der Waals surface area (Å²) in [5, 5.41) is 6.29. The molecule has 0 radical (unpaired) electrons. The molecule has 1 fully saturated rings. The molecule has 0 spiro atoms. The number of fused-ring (bicyclic) bond motifs is 1. The Kier molecular flexibility index (Phi) is 6.05. The molecule has 9 nitrogen and oxygen atoms in total. The third-order valence-corrected chi connectivity index (χ3v) is 6.11. The van der Waals surface area contributed by atoms with Gasteiger partial charge in [-0.1, -0.05) is 17.4 Å². The highest BCUT2D eigenvalue weighted by atomic mass is 32.1. The first kappa shape index (κ1) is 20.4. The van der Waals surface area contributed by atoms with Gasteiger partial charge in [-0.3, -0.25) is 10.1 Å². The van der Waals surface area contributed by atoms with Crippen LogP contribution in [-0.2, 0) is 22.5 Å². The highest BCUT2D eigenvalue weighted by Crippen LogP contribution is 2.35. The van der Waals surface area contributed by atoms with Gasteiger partial charge in [0.25, 0.3) is 5.91 Å². The predicted molar refractivity (Wildman–Crippen MR) is 112 cm³/mol. The second kappa shape index (κ2) is 8.88. The molecule has 4 rings (SSSR count). The van der Waals surface area contributed by atoms with Gasteiger partial charge in [0.05, 0.1) is 32.1 Å². The van der Waals surface area contributed by atoms with Crippen LogP contribution < -0.4 is 20.1 Å². The molecule has 3 heterocycles. The van der Waals surface area contributed by atoms with Crippen LogP contribution in [0.3, 0.4) is 0 Å². The van der Waals surface area contributed by atoms with Crippen molar-refractivity contribution in [3.05, 3.63) is 28.8 Å². The minimum atomic E-state index is -0.397. The molecular weight excluding hydrogens is 408 g/mol.